The van der Waals surface area contributed by atoms with E-state index in [1.54, 1.807) is 0 Å². The molecule has 0 saturated carbocycles. The quantitative estimate of drug-likeness (QED) is 0.384. The summed E-state index contributed by atoms with van der Waals surface area (Å²) < 4.78 is 19.8. The van der Waals surface area contributed by atoms with Crippen molar-refractivity contribution in [2.75, 3.05) is 0 Å². The summed E-state index contributed by atoms with van der Waals surface area (Å²) in [6.07, 6.45) is 0. The van der Waals surface area contributed by atoms with Crippen LogP contribution in [-0.2, 0) is 0 Å². The molecule has 0 aliphatic rings. The van der Waals surface area contributed by atoms with Gasteiger partial charge in [-0.1, -0.05) is 0 Å². The first-order valence-electron chi connectivity index (χ1n) is 0.695. The average Bonchev–Trinajstić information content (AvgIpc) is 0.811. The van der Waals surface area contributed by atoms with E-state index in [9.17, 15) is 8.63 Å². The van der Waals surface area contributed by atoms with Crippen LogP contribution >= 0.6 is 0 Å². The molecular weight excluding hydrogens is 71.7 g/mol. The van der Waals surface area contributed by atoms with Gasteiger partial charge in [-0.15, -0.1) is 0 Å². The van der Waals surface area contributed by atoms with Gasteiger partial charge in [-0.05, 0) is 0 Å². The van der Waals surface area contributed by atoms with Crippen molar-refractivity contribution in [2.24, 2.45) is 0 Å². The molecule has 0 saturated heterocycles. The molecular formula is HBF2LiO. The Morgan fingerprint density at radius 2 is 1.40 bits per heavy atom. The second-order valence-corrected chi connectivity index (χ2v) is 0.278. The minimum Gasteiger partial charge on any atom is -0.395 e. The van der Waals surface area contributed by atoms with Gasteiger partial charge >= 0.3 is 7.47 Å². The van der Waals surface area contributed by atoms with E-state index in [1.165, 1.54) is 0 Å². The van der Waals surface area contributed by atoms with Crippen LogP contribution in [0.1, 0.15) is 0 Å². The van der Waals surface area contributed by atoms with Gasteiger partial charge in [-0.25, -0.2) is 0 Å². The fourth-order valence-electron chi connectivity index (χ4n) is 0. The van der Waals surface area contributed by atoms with Crippen LogP contribution in [0.3, 0.4) is 0 Å². The van der Waals surface area contributed by atoms with Crippen molar-refractivity contribution in [3.8, 4) is 0 Å². The van der Waals surface area contributed by atoms with Gasteiger partial charge in [-0.3, -0.25) is 8.63 Å². The SMILES string of the molecule is OB(F)F.[Li]. The van der Waals surface area contributed by atoms with E-state index in [4.69, 9.17) is 5.02 Å². The van der Waals surface area contributed by atoms with Crippen LogP contribution in [0, 0.1) is 0 Å². The smallest absolute Gasteiger partial charge is 0.395 e. The molecule has 0 aromatic heterocycles. The molecule has 5 heteroatoms. The first kappa shape index (κ1) is 9.08. The maximum Gasteiger partial charge on any atom is 0.718 e. The molecule has 0 rings (SSSR count). The zero-order valence-corrected chi connectivity index (χ0v) is 2.78. The molecule has 5 heavy (non-hydrogen) atoms. The molecule has 0 aromatic rings. The van der Waals surface area contributed by atoms with E-state index >= 15 is 0 Å². The van der Waals surface area contributed by atoms with Crippen molar-refractivity contribution in [3.05, 3.63) is 0 Å². The Morgan fingerprint density at radius 1 is 1.40 bits per heavy atom. The van der Waals surface area contributed by atoms with Crippen LogP contribution in [0.5, 0.6) is 0 Å². The predicted octanol–water partition coefficient (Wildman–Crippen LogP) is -0.478. The molecule has 0 unspecified atom stereocenters. The Balaban J connectivity index is 0. The van der Waals surface area contributed by atoms with Gasteiger partial charge in [0.1, 0.15) is 0 Å². The van der Waals surface area contributed by atoms with Crippen LogP contribution in [-0.4, -0.2) is 31.4 Å². The molecule has 0 aromatic carbocycles. The van der Waals surface area contributed by atoms with Gasteiger partial charge in [0.05, 0.1) is 0 Å². The number of hydrogen-bond acceptors (Lipinski definition) is 1. The van der Waals surface area contributed by atoms with Crippen LogP contribution in [0.4, 0.5) is 8.63 Å². The summed E-state index contributed by atoms with van der Waals surface area (Å²) in [5.41, 5.74) is 0. The van der Waals surface area contributed by atoms with Gasteiger partial charge in [-0.2, -0.15) is 0 Å². The maximum absolute atomic E-state index is 9.89. The third kappa shape index (κ3) is 119. The summed E-state index contributed by atoms with van der Waals surface area (Å²) in [7, 11) is -3.17. The Morgan fingerprint density at radius 3 is 1.40 bits per heavy atom. The van der Waals surface area contributed by atoms with E-state index in [1.807, 2.05) is 0 Å². The Bertz CT molecular complexity index is 14.4. The fraction of sp³-hybridized carbons (Fsp3) is 0. The van der Waals surface area contributed by atoms with Gasteiger partial charge < -0.3 is 5.02 Å². The molecule has 0 heterocycles. The number of hydrogen-bond donors (Lipinski definition) is 1. The van der Waals surface area contributed by atoms with Crippen molar-refractivity contribution >= 4 is 26.3 Å². The largest absolute Gasteiger partial charge is 0.718 e. The van der Waals surface area contributed by atoms with Crippen LogP contribution in [0.15, 0.2) is 0 Å². The van der Waals surface area contributed by atoms with Gasteiger partial charge in [0, 0.05) is 18.9 Å². The van der Waals surface area contributed by atoms with Crippen LogP contribution < -0.4 is 0 Å². The van der Waals surface area contributed by atoms with Crippen LogP contribution in [0.25, 0.3) is 0 Å². The summed E-state index contributed by atoms with van der Waals surface area (Å²) in [6, 6.07) is 0. The van der Waals surface area contributed by atoms with E-state index < -0.39 is 7.47 Å². The standard InChI is InChI=1S/BF2HO.Li/c2-1(3)4;/h4H;. The first-order valence-corrected chi connectivity index (χ1v) is 0.695. The molecule has 0 fully saturated rings. The molecule has 0 aliphatic heterocycles. The van der Waals surface area contributed by atoms with Crippen molar-refractivity contribution in [1.82, 2.24) is 0 Å². The molecule has 1 N–H and O–H groups in total. The van der Waals surface area contributed by atoms with Gasteiger partial charge in [0.15, 0.2) is 0 Å². The predicted molar refractivity (Wildman–Crippen MR) is 15.9 cm³/mol. The monoisotopic (exact) mass is 73.0 g/mol. The topological polar surface area (TPSA) is 20.2 Å². The van der Waals surface area contributed by atoms with E-state index in [0.717, 1.165) is 0 Å². The summed E-state index contributed by atoms with van der Waals surface area (Å²) in [6.45, 7) is 0. The Hall–Kier alpha value is 0.482. The van der Waals surface area contributed by atoms with Gasteiger partial charge in [0.2, 0.25) is 0 Å². The second kappa shape index (κ2) is 4.48. The van der Waals surface area contributed by atoms with Crippen molar-refractivity contribution in [1.29, 1.82) is 0 Å². The van der Waals surface area contributed by atoms with Crippen molar-refractivity contribution < 1.29 is 13.7 Å². The molecule has 25 valence electrons. The molecule has 0 aliphatic carbocycles. The normalized spacial score (nSPS) is 5.40. The molecule has 0 spiro atoms. The first-order chi connectivity index (χ1) is 1.73. The van der Waals surface area contributed by atoms with E-state index in [2.05, 4.69) is 0 Å². The third-order valence-electron chi connectivity index (χ3n) is 0. The molecule has 1 nitrogen and oxygen atoms in total. The summed E-state index contributed by atoms with van der Waals surface area (Å²) >= 11 is 0. The Labute approximate surface area is 40.8 Å². The number of rotatable bonds is 0. The third-order valence-corrected chi connectivity index (χ3v) is 0. The number of halogens is 2. The minimum absolute atomic E-state index is 0. The van der Waals surface area contributed by atoms with Crippen molar-refractivity contribution in [3.63, 3.8) is 0 Å². The van der Waals surface area contributed by atoms with Crippen LogP contribution in [0.2, 0.25) is 0 Å². The molecule has 1 radical (unpaired) electrons. The Kier molecular flexibility index (Phi) is 8.14. The van der Waals surface area contributed by atoms with E-state index in [-0.39, 0.29) is 18.9 Å². The summed E-state index contributed by atoms with van der Waals surface area (Å²) in [4.78, 5) is 0. The molecule has 0 bridgehead atoms. The fourth-order valence-corrected chi connectivity index (χ4v) is 0. The average molecular weight is 72.8 g/mol. The maximum atomic E-state index is 9.89. The molecule has 0 amide bonds. The minimum atomic E-state index is -3.17. The molecule has 0 atom stereocenters. The zero-order valence-electron chi connectivity index (χ0n) is 2.78. The summed E-state index contributed by atoms with van der Waals surface area (Å²) in [5.74, 6) is 0. The van der Waals surface area contributed by atoms with Gasteiger partial charge in [0.25, 0.3) is 0 Å². The van der Waals surface area contributed by atoms with E-state index in [0.29, 0.717) is 0 Å². The second-order valence-electron chi connectivity index (χ2n) is 0.278. The summed E-state index contributed by atoms with van der Waals surface area (Å²) in [5, 5.41) is 6.72. The van der Waals surface area contributed by atoms with Crippen molar-refractivity contribution in [2.45, 2.75) is 0 Å². The zero-order chi connectivity index (χ0) is 3.58.